The normalized spacial score (nSPS) is 10.6. The van der Waals surface area contributed by atoms with Crippen molar-refractivity contribution in [2.45, 2.75) is 20.3 Å². The summed E-state index contributed by atoms with van der Waals surface area (Å²) in [5, 5.41) is 6.71. The Bertz CT molecular complexity index is 626. The number of aromatic nitrogens is 2. The SMILES string of the molecule is CC(C)CNc1cnc(C(=O)NCCc2ccc(Cl)cc2)cn1. The average Bonchev–Trinajstić information content (AvgIpc) is 2.55. The van der Waals surface area contributed by atoms with E-state index in [2.05, 4.69) is 34.4 Å². The number of rotatable bonds is 7. The van der Waals surface area contributed by atoms with Crippen LogP contribution >= 0.6 is 11.6 Å². The monoisotopic (exact) mass is 332 g/mol. The standard InChI is InChI=1S/C17H21ClN4O/c1-12(2)9-21-16-11-20-15(10-22-16)17(23)19-8-7-13-3-5-14(18)6-4-13/h3-6,10-12H,7-9H2,1-2H3,(H,19,23)(H,21,22). The molecular formula is C17H21ClN4O. The molecule has 0 aliphatic rings. The maximum atomic E-state index is 12.0. The third-order valence-electron chi connectivity index (χ3n) is 3.19. The fourth-order valence-corrected chi connectivity index (χ4v) is 2.03. The zero-order valence-corrected chi connectivity index (χ0v) is 14.1. The molecule has 0 saturated heterocycles. The molecule has 0 fully saturated rings. The Kier molecular flexibility index (Phi) is 6.35. The molecule has 1 heterocycles. The predicted molar refractivity (Wildman–Crippen MR) is 92.8 cm³/mol. The summed E-state index contributed by atoms with van der Waals surface area (Å²) in [5.41, 5.74) is 1.44. The van der Waals surface area contributed by atoms with Crippen molar-refractivity contribution < 1.29 is 4.79 Å². The quantitative estimate of drug-likeness (QED) is 0.817. The molecule has 5 nitrogen and oxygen atoms in total. The van der Waals surface area contributed by atoms with Crippen LogP contribution in [0.2, 0.25) is 5.02 Å². The summed E-state index contributed by atoms with van der Waals surface area (Å²) in [4.78, 5) is 20.3. The number of benzene rings is 1. The smallest absolute Gasteiger partial charge is 0.271 e. The highest BCUT2D eigenvalue weighted by Crippen LogP contribution is 2.09. The van der Waals surface area contributed by atoms with Crippen molar-refractivity contribution in [3.63, 3.8) is 0 Å². The van der Waals surface area contributed by atoms with Crippen LogP contribution in [-0.4, -0.2) is 29.0 Å². The van der Waals surface area contributed by atoms with Crippen molar-refractivity contribution in [1.29, 1.82) is 0 Å². The highest BCUT2D eigenvalue weighted by molar-refractivity contribution is 6.30. The van der Waals surface area contributed by atoms with E-state index in [1.54, 1.807) is 6.20 Å². The number of amides is 1. The van der Waals surface area contributed by atoms with Crippen LogP contribution in [0.15, 0.2) is 36.7 Å². The molecule has 1 aromatic carbocycles. The van der Waals surface area contributed by atoms with Gasteiger partial charge in [0.05, 0.1) is 12.4 Å². The lowest BCUT2D eigenvalue weighted by Crippen LogP contribution is -2.26. The Balaban J connectivity index is 1.80. The molecule has 1 aromatic heterocycles. The average molecular weight is 333 g/mol. The van der Waals surface area contributed by atoms with Gasteiger partial charge in [-0.2, -0.15) is 0 Å². The number of carbonyl (C=O) groups is 1. The van der Waals surface area contributed by atoms with E-state index in [-0.39, 0.29) is 5.91 Å². The number of halogens is 1. The van der Waals surface area contributed by atoms with Crippen molar-refractivity contribution in [3.05, 3.63) is 52.9 Å². The molecule has 23 heavy (non-hydrogen) atoms. The molecule has 0 bridgehead atoms. The molecule has 2 N–H and O–H groups in total. The predicted octanol–water partition coefficient (Wildman–Crippen LogP) is 3.17. The van der Waals surface area contributed by atoms with Gasteiger partial charge in [0.2, 0.25) is 0 Å². The largest absolute Gasteiger partial charge is 0.369 e. The molecule has 0 radical (unpaired) electrons. The minimum atomic E-state index is -0.220. The molecule has 0 spiro atoms. The molecule has 1 amide bonds. The molecule has 0 aliphatic carbocycles. The van der Waals surface area contributed by atoms with Gasteiger partial charge < -0.3 is 10.6 Å². The maximum absolute atomic E-state index is 12.0. The van der Waals surface area contributed by atoms with Crippen LogP contribution < -0.4 is 10.6 Å². The van der Waals surface area contributed by atoms with E-state index in [1.807, 2.05) is 24.3 Å². The van der Waals surface area contributed by atoms with Crippen molar-refractivity contribution in [3.8, 4) is 0 Å². The fraction of sp³-hybridized carbons (Fsp3) is 0.353. The minimum Gasteiger partial charge on any atom is -0.369 e. The van der Waals surface area contributed by atoms with Gasteiger partial charge in [-0.05, 0) is 30.0 Å². The Morgan fingerprint density at radius 3 is 2.52 bits per heavy atom. The summed E-state index contributed by atoms with van der Waals surface area (Å²) in [6.07, 6.45) is 3.81. The summed E-state index contributed by atoms with van der Waals surface area (Å²) in [6.45, 7) is 5.59. The van der Waals surface area contributed by atoms with Crippen LogP contribution in [-0.2, 0) is 6.42 Å². The summed E-state index contributed by atoms with van der Waals surface area (Å²) >= 11 is 5.84. The Morgan fingerprint density at radius 2 is 1.91 bits per heavy atom. The van der Waals surface area contributed by atoms with Gasteiger partial charge in [0.1, 0.15) is 11.5 Å². The topological polar surface area (TPSA) is 66.9 Å². The van der Waals surface area contributed by atoms with Gasteiger partial charge in [-0.25, -0.2) is 9.97 Å². The Hall–Kier alpha value is -2.14. The van der Waals surface area contributed by atoms with Gasteiger partial charge in [0, 0.05) is 18.1 Å². The first-order valence-corrected chi connectivity index (χ1v) is 8.01. The van der Waals surface area contributed by atoms with Crippen molar-refractivity contribution >= 4 is 23.3 Å². The summed E-state index contributed by atoms with van der Waals surface area (Å²) in [6, 6.07) is 7.58. The number of carbonyl (C=O) groups excluding carboxylic acids is 1. The zero-order valence-electron chi connectivity index (χ0n) is 13.3. The van der Waals surface area contributed by atoms with E-state index in [0.29, 0.717) is 29.0 Å². The molecule has 122 valence electrons. The van der Waals surface area contributed by atoms with Crippen molar-refractivity contribution in [2.24, 2.45) is 5.92 Å². The number of hydrogen-bond acceptors (Lipinski definition) is 4. The van der Waals surface area contributed by atoms with E-state index in [1.165, 1.54) is 6.20 Å². The third-order valence-corrected chi connectivity index (χ3v) is 3.44. The first kappa shape index (κ1) is 17.2. The Labute approximate surface area is 141 Å². The maximum Gasteiger partial charge on any atom is 0.271 e. The van der Waals surface area contributed by atoms with Gasteiger partial charge >= 0.3 is 0 Å². The number of nitrogens with one attached hydrogen (secondary N) is 2. The van der Waals surface area contributed by atoms with Crippen LogP contribution in [0.1, 0.15) is 29.9 Å². The second kappa shape index (κ2) is 8.48. The van der Waals surface area contributed by atoms with Crippen LogP contribution in [0, 0.1) is 5.92 Å². The van der Waals surface area contributed by atoms with E-state index < -0.39 is 0 Å². The molecule has 0 aliphatic heterocycles. The van der Waals surface area contributed by atoms with E-state index in [4.69, 9.17) is 11.6 Å². The second-order valence-corrected chi connectivity index (χ2v) is 6.13. The molecular weight excluding hydrogens is 312 g/mol. The van der Waals surface area contributed by atoms with Crippen molar-refractivity contribution in [1.82, 2.24) is 15.3 Å². The van der Waals surface area contributed by atoms with E-state index in [0.717, 1.165) is 18.5 Å². The minimum absolute atomic E-state index is 0.220. The summed E-state index contributed by atoms with van der Waals surface area (Å²) in [5.74, 6) is 0.978. The van der Waals surface area contributed by atoms with Crippen LogP contribution in [0.25, 0.3) is 0 Å². The Morgan fingerprint density at radius 1 is 1.17 bits per heavy atom. The molecule has 6 heteroatoms. The fourth-order valence-electron chi connectivity index (χ4n) is 1.91. The lowest BCUT2D eigenvalue weighted by atomic mass is 10.1. The van der Waals surface area contributed by atoms with Gasteiger partial charge in [0.25, 0.3) is 5.91 Å². The molecule has 0 unspecified atom stereocenters. The zero-order chi connectivity index (χ0) is 16.7. The first-order chi connectivity index (χ1) is 11.0. The summed E-state index contributed by atoms with van der Waals surface area (Å²) < 4.78 is 0. The van der Waals surface area contributed by atoms with Gasteiger partial charge in [0.15, 0.2) is 0 Å². The molecule has 0 atom stereocenters. The second-order valence-electron chi connectivity index (χ2n) is 5.69. The lowest BCUT2D eigenvalue weighted by Gasteiger charge is -2.08. The van der Waals surface area contributed by atoms with Crippen LogP contribution in [0.4, 0.5) is 5.82 Å². The van der Waals surface area contributed by atoms with Gasteiger partial charge in [-0.3, -0.25) is 4.79 Å². The van der Waals surface area contributed by atoms with Crippen molar-refractivity contribution in [2.75, 3.05) is 18.4 Å². The highest BCUT2D eigenvalue weighted by Gasteiger charge is 2.07. The highest BCUT2D eigenvalue weighted by atomic mass is 35.5. The number of anilines is 1. The molecule has 0 saturated carbocycles. The lowest BCUT2D eigenvalue weighted by molar-refractivity contribution is 0.0949. The first-order valence-electron chi connectivity index (χ1n) is 7.63. The number of hydrogen-bond donors (Lipinski definition) is 2. The van der Waals surface area contributed by atoms with Gasteiger partial charge in [-0.15, -0.1) is 0 Å². The number of nitrogens with zero attached hydrogens (tertiary/aromatic N) is 2. The molecule has 2 aromatic rings. The van der Waals surface area contributed by atoms with E-state index in [9.17, 15) is 4.79 Å². The van der Waals surface area contributed by atoms with Crippen LogP contribution in [0.3, 0.4) is 0 Å². The summed E-state index contributed by atoms with van der Waals surface area (Å²) in [7, 11) is 0. The molecule has 2 rings (SSSR count). The van der Waals surface area contributed by atoms with E-state index >= 15 is 0 Å². The van der Waals surface area contributed by atoms with Gasteiger partial charge in [-0.1, -0.05) is 37.6 Å². The third kappa shape index (κ3) is 5.87. The van der Waals surface area contributed by atoms with Crippen LogP contribution in [0.5, 0.6) is 0 Å².